The molecule has 0 amide bonds. The van der Waals surface area contributed by atoms with Crippen molar-refractivity contribution in [1.29, 1.82) is 0 Å². The van der Waals surface area contributed by atoms with Crippen LogP contribution in [0.25, 0.3) is 0 Å². The first-order valence-corrected chi connectivity index (χ1v) is 6.63. The number of hydrogen-bond donors (Lipinski definition) is 2. The zero-order valence-electron chi connectivity index (χ0n) is 11.2. The molecule has 1 heterocycles. The monoisotopic (exact) mass is 282 g/mol. The van der Waals surface area contributed by atoms with Gasteiger partial charge < -0.3 is 20.7 Å². The number of nitrogens with zero attached hydrogens (tertiary/aromatic N) is 3. The van der Waals surface area contributed by atoms with Crippen LogP contribution in [0.5, 0.6) is 0 Å². The Morgan fingerprint density at radius 1 is 1.47 bits per heavy atom. The van der Waals surface area contributed by atoms with Gasteiger partial charge in [-0.2, -0.15) is 0 Å². The molecule has 2 rings (SSSR count). The molecule has 1 aromatic rings. The van der Waals surface area contributed by atoms with Crippen LogP contribution in [0.15, 0.2) is 23.4 Å². The highest BCUT2D eigenvalue weighted by molar-refractivity contribution is 6.33. The third-order valence-corrected chi connectivity index (χ3v) is 3.79. The standard InChI is InChI=1S/C13H19ClN4O/c1-9-8-17(2)5-6-18(9)12-4-3-10(7-11(12)14)13(15)16-19/h3-4,7,9,19H,5-6,8H2,1-2H3,(H2,15,16). The van der Waals surface area contributed by atoms with Crippen molar-refractivity contribution in [2.75, 3.05) is 31.6 Å². The maximum atomic E-state index is 8.67. The molecule has 1 unspecified atom stereocenters. The highest BCUT2D eigenvalue weighted by Gasteiger charge is 2.23. The number of halogens is 1. The van der Waals surface area contributed by atoms with Gasteiger partial charge in [-0.3, -0.25) is 0 Å². The van der Waals surface area contributed by atoms with Crippen molar-refractivity contribution in [3.05, 3.63) is 28.8 Å². The molecule has 5 nitrogen and oxygen atoms in total. The Morgan fingerprint density at radius 3 is 2.79 bits per heavy atom. The highest BCUT2D eigenvalue weighted by Crippen LogP contribution is 2.29. The van der Waals surface area contributed by atoms with Gasteiger partial charge in [-0.25, -0.2) is 0 Å². The van der Waals surface area contributed by atoms with Crippen molar-refractivity contribution in [3.8, 4) is 0 Å². The molecule has 1 aliphatic rings. The number of benzene rings is 1. The van der Waals surface area contributed by atoms with E-state index in [1.165, 1.54) is 0 Å². The molecule has 0 spiro atoms. The minimum absolute atomic E-state index is 0.0693. The second kappa shape index (κ2) is 5.67. The lowest BCUT2D eigenvalue weighted by atomic mass is 10.1. The molecule has 0 radical (unpaired) electrons. The Balaban J connectivity index is 2.26. The van der Waals surface area contributed by atoms with Crippen LogP contribution in [-0.4, -0.2) is 48.7 Å². The van der Waals surface area contributed by atoms with Crippen LogP contribution >= 0.6 is 11.6 Å². The molecule has 3 N–H and O–H groups in total. The molecule has 1 aromatic carbocycles. The van der Waals surface area contributed by atoms with Crippen LogP contribution in [0.2, 0.25) is 5.02 Å². The normalized spacial score (nSPS) is 21.7. The molecule has 1 aliphatic heterocycles. The van der Waals surface area contributed by atoms with Gasteiger partial charge in [0.1, 0.15) is 0 Å². The predicted octanol–water partition coefficient (Wildman–Crippen LogP) is 1.57. The lowest BCUT2D eigenvalue weighted by molar-refractivity contribution is 0.275. The predicted molar refractivity (Wildman–Crippen MR) is 78.3 cm³/mol. The highest BCUT2D eigenvalue weighted by atomic mass is 35.5. The van der Waals surface area contributed by atoms with E-state index in [1.807, 2.05) is 12.1 Å². The summed E-state index contributed by atoms with van der Waals surface area (Å²) in [4.78, 5) is 4.60. The maximum absolute atomic E-state index is 8.67. The fraction of sp³-hybridized carbons (Fsp3) is 0.462. The fourth-order valence-electron chi connectivity index (χ4n) is 2.45. The van der Waals surface area contributed by atoms with Crippen molar-refractivity contribution in [2.24, 2.45) is 10.9 Å². The lowest BCUT2D eigenvalue weighted by Crippen LogP contribution is -2.50. The summed E-state index contributed by atoms with van der Waals surface area (Å²) in [6.45, 7) is 5.16. The van der Waals surface area contributed by atoms with Crippen molar-refractivity contribution in [3.63, 3.8) is 0 Å². The zero-order valence-corrected chi connectivity index (χ0v) is 11.9. The Morgan fingerprint density at radius 2 is 2.21 bits per heavy atom. The SMILES string of the molecule is CC1CN(C)CCN1c1ccc(/C(N)=N/O)cc1Cl. The second-order valence-electron chi connectivity index (χ2n) is 4.96. The third-order valence-electron chi connectivity index (χ3n) is 3.49. The number of rotatable bonds is 2. The molecule has 1 atom stereocenters. The van der Waals surface area contributed by atoms with Gasteiger partial charge in [-0.15, -0.1) is 0 Å². The molecular weight excluding hydrogens is 264 g/mol. The average molecular weight is 283 g/mol. The number of amidine groups is 1. The van der Waals surface area contributed by atoms with Gasteiger partial charge in [-0.05, 0) is 32.2 Å². The summed E-state index contributed by atoms with van der Waals surface area (Å²) < 4.78 is 0. The summed E-state index contributed by atoms with van der Waals surface area (Å²) in [5.74, 6) is 0.0693. The summed E-state index contributed by atoms with van der Waals surface area (Å²) in [7, 11) is 2.12. The third kappa shape index (κ3) is 2.93. The summed E-state index contributed by atoms with van der Waals surface area (Å²) in [5.41, 5.74) is 7.18. The van der Waals surface area contributed by atoms with Crippen molar-refractivity contribution >= 4 is 23.1 Å². The van der Waals surface area contributed by atoms with Gasteiger partial charge >= 0.3 is 0 Å². The van der Waals surface area contributed by atoms with E-state index in [9.17, 15) is 0 Å². The smallest absolute Gasteiger partial charge is 0.170 e. The summed E-state index contributed by atoms with van der Waals surface area (Å²) >= 11 is 6.32. The van der Waals surface area contributed by atoms with Gasteiger partial charge in [0.2, 0.25) is 0 Å². The van der Waals surface area contributed by atoms with Crippen LogP contribution in [0.3, 0.4) is 0 Å². The molecule has 0 bridgehead atoms. The fourth-order valence-corrected chi connectivity index (χ4v) is 2.74. The van der Waals surface area contributed by atoms with E-state index in [-0.39, 0.29) is 5.84 Å². The zero-order chi connectivity index (χ0) is 14.0. The van der Waals surface area contributed by atoms with E-state index < -0.39 is 0 Å². The number of hydrogen-bond acceptors (Lipinski definition) is 4. The second-order valence-corrected chi connectivity index (χ2v) is 5.36. The maximum Gasteiger partial charge on any atom is 0.170 e. The Labute approximate surface area is 118 Å². The molecule has 104 valence electrons. The average Bonchev–Trinajstić information content (AvgIpc) is 2.38. The molecule has 0 saturated carbocycles. The van der Waals surface area contributed by atoms with Crippen LogP contribution in [0.1, 0.15) is 12.5 Å². The van der Waals surface area contributed by atoms with Gasteiger partial charge in [0.25, 0.3) is 0 Å². The number of oxime groups is 1. The number of likely N-dealkylation sites (N-methyl/N-ethyl adjacent to an activating group) is 1. The number of piperazine rings is 1. The van der Waals surface area contributed by atoms with Gasteiger partial charge in [0.15, 0.2) is 5.84 Å². The molecule has 0 aliphatic carbocycles. The quantitative estimate of drug-likeness (QED) is 0.374. The van der Waals surface area contributed by atoms with Gasteiger partial charge in [0.05, 0.1) is 10.7 Å². The molecule has 1 fully saturated rings. The van der Waals surface area contributed by atoms with E-state index in [0.717, 1.165) is 25.3 Å². The van der Waals surface area contributed by atoms with Crippen molar-refractivity contribution in [2.45, 2.75) is 13.0 Å². The van der Waals surface area contributed by atoms with E-state index in [2.05, 4.69) is 28.9 Å². The molecular formula is C13H19ClN4O. The summed E-state index contributed by atoms with van der Waals surface area (Å²) in [5, 5.41) is 12.3. The lowest BCUT2D eigenvalue weighted by Gasteiger charge is -2.40. The topological polar surface area (TPSA) is 65.1 Å². The minimum atomic E-state index is 0.0693. The van der Waals surface area contributed by atoms with Crippen LogP contribution < -0.4 is 10.6 Å². The Hall–Kier alpha value is -1.46. The number of anilines is 1. The van der Waals surface area contributed by atoms with E-state index in [0.29, 0.717) is 16.6 Å². The van der Waals surface area contributed by atoms with Crippen LogP contribution in [-0.2, 0) is 0 Å². The molecule has 6 heteroatoms. The van der Waals surface area contributed by atoms with Gasteiger partial charge in [0, 0.05) is 31.2 Å². The Bertz CT molecular complexity index is 492. The van der Waals surface area contributed by atoms with Gasteiger partial charge in [-0.1, -0.05) is 16.8 Å². The Kier molecular flexibility index (Phi) is 4.17. The molecule has 19 heavy (non-hydrogen) atoms. The molecule has 1 saturated heterocycles. The summed E-state index contributed by atoms with van der Waals surface area (Å²) in [6, 6.07) is 5.89. The van der Waals surface area contributed by atoms with Crippen LogP contribution in [0, 0.1) is 0 Å². The number of nitrogens with two attached hydrogens (primary N) is 1. The minimum Gasteiger partial charge on any atom is -0.409 e. The van der Waals surface area contributed by atoms with E-state index >= 15 is 0 Å². The van der Waals surface area contributed by atoms with Crippen LogP contribution in [0.4, 0.5) is 5.69 Å². The first-order chi connectivity index (χ1) is 9.02. The first kappa shape index (κ1) is 14.0. The largest absolute Gasteiger partial charge is 0.409 e. The van der Waals surface area contributed by atoms with E-state index in [4.69, 9.17) is 22.5 Å². The first-order valence-electron chi connectivity index (χ1n) is 6.25. The molecule has 0 aromatic heterocycles. The van der Waals surface area contributed by atoms with Crippen molar-refractivity contribution in [1.82, 2.24) is 4.90 Å². The van der Waals surface area contributed by atoms with Crippen molar-refractivity contribution < 1.29 is 5.21 Å². The summed E-state index contributed by atoms with van der Waals surface area (Å²) in [6.07, 6.45) is 0. The van der Waals surface area contributed by atoms with E-state index in [1.54, 1.807) is 6.07 Å².